The van der Waals surface area contributed by atoms with Gasteiger partial charge in [-0.3, -0.25) is 0 Å². The third-order valence-electron chi connectivity index (χ3n) is 3.83. The van der Waals surface area contributed by atoms with Crippen LogP contribution in [0.25, 0.3) is 0 Å². The number of aliphatic hydroxyl groups is 1. The van der Waals surface area contributed by atoms with Crippen LogP contribution in [-0.4, -0.2) is 29.6 Å². The Labute approximate surface area is 105 Å². The molecule has 0 aromatic carbocycles. The number of hydrogen-bond acceptors (Lipinski definition) is 4. The Balaban J connectivity index is 4.06. The molecule has 4 heteroatoms. The summed E-state index contributed by atoms with van der Waals surface area (Å²) in [5.74, 6) is 0.181. The van der Waals surface area contributed by atoms with Crippen molar-refractivity contribution in [2.24, 2.45) is 29.2 Å². The average molecular weight is 244 g/mol. The number of rotatable bonds is 8. The van der Waals surface area contributed by atoms with Gasteiger partial charge in [-0.2, -0.15) is 0 Å². The van der Waals surface area contributed by atoms with Crippen LogP contribution in [0.3, 0.4) is 0 Å². The lowest BCUT2D eigenvalue weighted by Gasteiger charge is -2.26. The molecule has 102 valence electrons. The lowest BCUT2D eigenvalue weighted by Crippen LogP contribution is -2.37. The molecule has 4 unspecified atom stereocenters. The Kier molecular flexibility index (Phi) is 7.59. The molecule has 0 heterocycles. The van der Waals surface area contributed by atoms with Crippen LogP contribution in [0.2, 0.25) is 0 Å². The highest BCUT2D eigenvalue weighted by Crippen LogP contribution is 2.19. The summed E-state index contributed by atoms with van der Waals surface area (Å²) >= 11 is 0. The summed E-state index contributed by atoms with van der Waals surface area (Å²) in [4.78, 5) is 10.6. The van der Waals surface area contributed by atoms with Gasteiger partial charge in [0.05, 0.1) is 6.10 Å². The van der Waals surface area contributed by atoms with Crippen molar-refractivity contribution in [3.05, 3.63) is 0 Å². The maximum absolute atomic E-state index is 10.6. The zero-order valence-corrected chi connectivity index (χ0v) is 11.5. The molecule has 5 N–H and O–H groups in total. The first-order chi connectivity index (χ1) is 7.81. The van der Waals surface area contributed by atoms with Gasteiger partial charge in [0.2, 0.25) is 0 Å². The average Bonchev–Trinajstić information content (AvgIpc) is 2.32. The van der Waals surface area contributed by atoms with Crippen LogP contribution in [0.1, 0.15) is 40.5 Å². The third kappa shape index (κ3) is 5.61. The van der Waals surface area contributed by atoms with E-state index in [1.54, 1.807) is 0 Å². The Morgan fingerprint density at radius 2 is 1.65 bits per heavy atom. The molecule has 0 aliphatic rings. The SMILES string of the molecule is CC(C=O)C(N)[C@H](C)CCC(O)C(C)[C@H](C)N. The zero-order valence-electron chi connectivity index (χ0n) is 11.5. The molecular formula is C13H28N2O2. The number of aldehydes is 1. The van der Waals surface area contributed by atoms with E-state index in [9.17, 15) is 9.90 Å². The highest BCUT2D eigenvalue weighted by Gasteiger charge is 2.22. The third-order valence-corrected chi connectivity index (χ3v) is 3.83. The van der Waals surface area contributed by atoms with Gasteiger partial charge in [-0.05, 0) is 31.6 Å². The van der Waals surface area contributed by atoms with Crippen molar-refractivity contribution in [1.29, 1.82) is 0 Å². The van der Waals surface area contributed by atoms with Crippen LogP contribution in [0.4, 0.5) is 0 Å². The van der Waals surface area contributed by atoms with Gasteiger partial charge >= 0.3 is 0 Å². The van der Waals surface area contributed by atoms with Crippen molar-refractivity contribution in [2.45, 2.75) is 58.7 Å². The highest BCUT2D eigenvalue weighted by molar-refractivity contribution is 5.54. The molecule has 0 saturated carbocycles. The van der Waals surface area contributed by atoms with E-state index in [0.29, 0.717) is 6.42 Å². The molecule has 0 radical (unpaired) electrons. The molecule has 0 spiro atoms. The minimum absolute atomic E-state index is 0.0112. The standard InChI is InChI=1S/C13H28N2O2/c1-8(13(15)9(2)7-16)5-6-12(17)10(3)11(4)14/h7-13,17H,5-6,14-15H2,1-4H3/t8-,9?,10?,11+,12?,13?/m1/s1. The van der Waals surface area contributed by atoms with Crippen molar-refractivity contribution < 1.29 is 9.90 Å². The second kappa shape index (κ2) is 7.80. The summed E-state index contributed by atoms with van der Waals surface area (Å²) in [5.41, 5.74) is 11.7. The lowest BCUT2D eigenvalue weighted by molar-refractivity contribution is -0.111. The van der Waals surface area contributed by atoms with E-state index in [4.69, 9.17) is 11.5 Å². The first kappa shape index (κ1) is 16.6. The van der Waals surface area contributed by atoms with E-state index in [2.05, 4.69) is 0 Å². The van der Waals surface area contributed by atoms with Gasteiger partial charge in [0, 0.05) is 18.0 Å². The molecule has 6 atom stereocenters. The maximum Gasteiger partial charge on any atom is 0.124 e. The maximum atomic E-state index is 10.6. The number of nitrogens with two attached hydrogens (primary N) is 2. The molecule has 4 nitrogen and oxygen atoms in total. The summed E-state index contributed by atoms with van der Waals surface area (Å²) < 4.78 is 0. The Morgan fingerprint density at radius 1 is 1.12 bits per heavy atom. The fourth-order valence-corrected chi connectivity index (χ4v) is 1.85. The van der Waals surface area contributed by atoms with Crippen molar-refractivity contribution >= 4 is 6.29 Å². The van der Waals surface area contributed by atoms with Crippen LogP contribution in [0.15, 0.2) is 0 Å². The molecule has 0 aromatic heterocycles. The van der Waals surface area contributed by atoms with Crippen LogP contribution < -0.4 is 11.5 Å². The smallest absolute Gasteiger partial charge is 0.124 e. The van der Waals surface area contributed by atoms with E-state index >= 15 is 0 Å². The molecule has 0 fully saturated rings. The molecule has 17 heavy (non-hydrogen) atoms. The zero-order chi connectivity index (χ0) is 13.6. The van der Waals surface area contributed by atoms with Crippen molar-refractivity contribution in [1.82, 2.24) is 0 Å². The van der Waals surface area contributed by atoms with Gasteiger partial charge in [-0.25, -0.2) is 0 Å². The predicted molar refractivity (Wildman–Crippen MR) is 70.4 cm³/mol. The first-order valence-electron chi connectivity index (χ1n) is 6.45. The molecule has 0 rings (SSSR count). The Hall–Kier alpha value is -0.450. The Morgan fingerprint density at radius 3 is 2.06 bits per heavy atom. The first-order valence-corrected chi connectivity index (χ1v) is 6.45. The molecule has 0 aliphatic heterocycles. The number of carbonyl (C=O) groups is 1. The number of hydrogen-bond donors (Lipinski definition) is 3. The van der Waals surface area contributed by atoms with Crippen LogP contribution in [0.5, 0.6) is 0 Å². The highest BCUT2D eigenvalue weighted by atomic mass is 16.3. The van der Waals surface area contributed by atoms with E-state index in [1.165, 1.54) is 0 Å². The lowest BCUT2D eigenvalue weighted by atomic mass is 9.86. The van der Waals surface area contributed by atoms with Gasteiger partial charge in [-0.15, -0.1) is 0 Å². The topological polar surface area (TPSA) is 89.3 Å². The van der Waals surface area contributed by atoms with Crippen LogP contribution in [0, 0.1) is 17.8 Å². The molecule has 0 saturated heterocycles. The van der Waals surface area contributed by atoms with E-state index in [1.807, 2.05) is 27.7 Å². The monoisotopic (exact) mass is 244 g/mol. The Bertz CT molecular complexity index is 221. The summed E-state index contributed by atoms with van der Waals surface area (Å²) in [6.45, 7) is 7.70. The van der Waals surface area contributed by atoms with Gasteiger partial charge in [0.15, 0.2) is 0 Å². The minimum atomic E-state index is -0.392. The molecule has 0 bridgehead atoms. The largest absolute Gasteiger partial charge is 0.393 e. The predicted octanol–water partition coefficient (Wildman–Crippen LogP) is 0.909. The number of aliphatic hydroxyl groups excluding tert-OH is 1. The fourth-order valence-electron chi connectivity index (χ4n) is 1.85. The molecule has 0 aromatic rings. The summed E-state index contributed by atoms with van der Waals surface area (Å²) in [6, 6.07) is -0.145. The van der Waals surface area contributed by atoms with E-state index in [-0.39, 0.29) is 29.8 Å². The summed E-state index contributed by atoms with van der Waals surface area (Å²) in [6.07, 6.45) is 2.00. The van der Waals surface area contributed by atoms with E-state index < -0.39 is 6.10 Å². The van der Waals surface area contributed by atoms with Crippen molar-refractivity contribution in [2.75, 3.05) is 0 Å². The van der Waals surface area contributed by atoms with Crippen LogP contribution >= 0.6 is 0 Å². The number of carbonyl (C=O) groups excluding carboxylic acids is 1. The second-order valence-electron chi connectivity index (χ2n) is 5.41. The summed E-state index contributed by atoms with van der Waals surface area (Å²) in [7, 11) is 0. The summed E-state index contributed by atoms with van der Waals surface area (Å²) in [5, 5.41) is 9.92. The van der Waals surface area contributed by atoms with Crippen molar-refractivity contribution in [3.8, 4) is 0 Å². The molecular weight excluding hydrogens is 216 g/mol. The van der Waals surface area contributed by atoms with Gasteiger partial charge in [-0.1, -0.05) is 20.8 Å². The van der Waals surface area contributed by atoms with Crippen molar-refractivity contribution in [3.63, 3.8) is 0 Å². The quantitative estimate of drug-likeness (QED) is 0.554. The van der Waals surface area contributed by atoms with Gasteiger partial charge in [0.25, 0.3) is 0 Å². The van der Waals surface area contributed by atoms with Gasteiger partial charge < -0.3 is 21.4 Å². The van der Waals surface area contributed by atoms with Gasteiger partial charge in [0.1, 0.15) is 6.29 Å². The molecule has 0 aliphatic carbocycles. The molecule has 0 amide bonds. The van der Waals surface area contributed by atoms with E-state index in [0.717, 1.165) is 12.7 Å². The van der Waals surface area contributed by atoms with Crippen LogP contribution in [-0.2, 0) is 4.79 Å². The second-order valence-corrected chi connectivity index (χ2v) is 5.41. The fraction of sp³-hybridized carbons (Fsp3) is 0.923. The normalized spacial score (nSPS) is 22.3. The minimum Gasteiger partial charge on any atom is -0.393 e.